The van der Waals surface area contributed by atoms with E-state index in [0.29, 0.717) is 0 Å². The van der Waals surface area contributed by atoms with Crippen LogP contribution in [-0.4, -0.2) is 20.4 Å². The summed E-state index contributed by atoms with van der Waals surface area (Å²) in [4.78, 5) is 2.63. The van der Waals surface area contributed by atoms with Gasteiger partial charge in [-0.15, -0.1) is 11.3 Å². The van der Waals surface area contributed by atoms with Gasteiger partial charge in [0.15, 0.2) is 0 Å². The van der Waals surface area contributed by atoms with Crippen LogP contribution in [0.1, 0.15) is 52.7 Å². The Morgan fingerprint density at radius 3 is 1.84 bits per heavy atom. The second-order valence-electron chi connectivity index (χ2n) is 23.7. The van der Waals surface area contributed by atoms with Crippen molar-refractivity contribution in [3.05, 3.63) is 211 Å². The summed E-state index contributed by atoms with van der Waals surface area (Å²) in [7, 11) is 0. The van der Waals surface area contributed by atoms with Gasteiger partial charge in [0, 0.05) is 92.3 Å². The molecular weight excluding hydrogens is 956 g/mol. The first-order valence-corrected chi connectivity index (χ1v) is 27.8. The molecule has 0 unspecified atom stereocenters. The molecule has 0 atom stereocenters. The number of fused-ring (bicyclic) bond motifs is 19. The molecule has 0 saturated carbocycles. The summed E-state index contributed by atoms with van der Waals surface area (Å²) in [5, 5.41) is 11.0. The highest BCUT2D eigenvalue weighted by atomic mass is 32.1. The van der Waals surface area contributed by atoms with Crippen molar-refractivity contribution in [3.63, 3.8) is 0 Å². The quantitative estimate of drug-likeness (QED) is 0.165. The third-order valence-electron chi connectivity index (χ3n) is 17.3. The van der Waals surface area contributed by atoms with Crippen LogP contribution in [0.25, 0.3) is 115 Å². The summed E-state index contributed by atoms with van der Waals surface area (Å²) < 4.78 is 17.1. The molecule has 0 amide bonds. The molecule has 0 radical (unpaired) electrons. The van der Waals surface area contributed by atoms with Crippen molar-refractivity contribution in [1.29, 1.82) is 0 Å². The Balaban J connectivity index is 1.06. The standard InChI is InChI=1S/C70H51BN4OS/c1-69(2,3)40-27-30-43(31-28-40)74-58-36-44(72-54-24-13-11-20-46(54)51-38-52-47-21-12-15-26-60(47)76-61(52)39-57(51)72)37-59-64(58)71(68-67(74)49-32-29-41(70(4,5)6)35-62(49)77-68)53-23-16-22-50-63-56(75(59)65(50)53)34-33-48-45-19-10-14-25-55(45)73(66(48)63)42-17-8-7-9-18-42/h7-39H,1-6H3. The average molecular weight is 1010 g/mol. The molecule has 0 fully saturated rings. The van der Waals surface area contributed by atoms with Crippen molar-refractivity contribution in [3.8, 4) is 17.1 Å². The van der Waals surface area contributed by atoms with E-state index in [4.69, 9.17) is 4.42 Å². The molecule has 7 heterocycles. The van der Waals surface area contributed by atoms with Crippen LogP contribution in [0.5, 0.6) is 0 Å². The second kappa shape index (κ2) is 15.0. The summed E-state index contributed by atoms with van der Waals surface area (Å²) in [5.41, 5.74) is 21.4. The van der Waals surface area contributed by atoms with Gasteiger partial charge in [-0.25, -0.2) is 0 Å². The summed E-state index contributed by atoms with van der Waals surface area (Å²) in [5.74, 6) is 0. The lowest BCUT2D eigenvalue weighted by Crippen LogP contribution is -2.59. The first-order chi connectivity index (χ1) is 37.5. The number of nitrogens with zero attached hydrogens (tertiary/aromatic N) is 4. The van der Waals surface area contributed by atoms with E-state index >= 15 is 0 Å². The molecule has 0 spiro atoms. The minimum Gasteiger partial charge on any atom is -0.456 e. The van der Waals surface area contributed by atoms with Crippen molar-refractivity contribution >= 4 is 148 Å². The molecule has 10 aromatic carbocycles. The summed E-state index contributed by atoms with van der Waals surface area (Å²) in [6.07, 6.45) is 0. The fourth-order valence-corrected chi connectivity index (χ4v) is 15.1. The van der Waals surface area contributed by atoms with Crippen molar-refractivity contribution in [2.45, 2.75) is 52.4 Å². The molecule has 5 nitrogen and oxygen atoms in total. The smallest absolute Gasteiger partial charge is 0.264 e. The maximum Gasteiger partial charge on any atom is 0.264 e. The Hall–Kier alpha value is -8.78. The van der Waals surface area contributed by atoms with Gasteiger partial charge in [0.1, 0.15) is 11.2 Å². The maximum absolute atomic E-state index is 6.70. The number of hydrogen-bond donors (Lipinski definition) is 0. The lowest BCUT2D eigenvalue weighted by Gasteiger charge is -2.39. The summed E-state index contributed by atoms with van der Waals surface area (Å²) >= 11 is 1.98. The Morgan fingerprint density at radius 2 is 1.06 bits per heavy atom. The van der Waals surface area contributed by atoms with Gasteiger partial charge in [-0.2, -0.15) is 0 Å². The fourth-order valence-electron chi connectivity index (χ4n) is 13.8. The average Bonchev–Trinajstić information content (AvgIpc) is 4.33. The minimum absolute atomic E-state index is 0.00179. The normalized spacial score (nSPS) is 13.5. The molecule has 15 aromatic rings. The predicted octanol–water partition coefficient (Wildman–Crippen LogP) is 17.3. The van der Waals surface area contributed by atoms with Crippen LogP contribution in [0.3, 0.4) is 0 Å². The molecule has 17 rings (SSSR count). The third kappa shape index (κ3) is 5.79. The zero-order chi connectivity index (χ0) is 51.4. The molecule has 2 aliphatic heterocycles. The van der Waals surface area contributed by atoms with Crippen LogP contribution >= 0.6 is 11.3 Å². The van der Waals surface area contributed by atoms with Crippen molar-refractivity contribution in [2.75, 3.05) is 4.90 Å². The number of furan rings is 1. The molecule has 366 valence electrons. The van der Waals surface area contributed by atoms with Crippen molar-refractivity contribution in [1.82, 2.24) is 13.7 Å². The van der Waals surface area contributed by atoms with Gasteiger partial charge in [0.2, 0.25) is 0 Å². The lowest BCUT2D eigenvalue weighted by atomic mass is 9.36. The van der Waals surface area contributed by atoms with Gasteiger partial charge >= 0.3 is 0 Å². The molecule has 5 aromatic heterocycles. The predicted molar refractivity (Wildman–Crippen MR) is 329 cm³/mol. The van der Waals surface area contributed by atoms with Gasteiger partial charge in [0.05, 0.1) is 39.0 Å². The monoisotopic (exact) mass is 1010 g/mol. The Bertz CT molecular complexity index is 5070. The molecule has 2 aliphatic rings. The van der Waals surface area contributed by atoms with E-state index in [0.717, 1.165) is 50.0 Å². The number of hydrogen-bond acceptors (Lipinski definition) is 3. The highest BCUT2D eigenvalue weighted by Gasteiger charge is 2.45. The Morgan fingerprint density at radius 1 is 0.403 bits per heavy atom. The largest absolute Gasteiger partial charge is 0.456 e. The highest BCUT2D eigenvalue weighted by molar-refractivity contribution is 7.33. The maximum atomic E-state index is 6.70. The van der Waals surface area contributed by atoms with E-state index < -0.39 is 0 Å². The van der Waals surface area contributed by atoms with E-state index in [-0.39, 0.29) is 17.5 Å². The van der Waals surface area contributed by atoms with Crippen LogP contribution in [0.15, 0.2) is 205 Å². The fraction of sp³-hybridized carbons (Fsp3) is 0.114. The first kappa shape index (κ1) is 43.5. The summed E-state index contributed by atoms with van der Waals surface area (Å²) in [6.45, 7) is 13.9. The van der Waals surface area contributed by atoms with E-state index in [2.05, 4.69) is 260 Å². The molecular formula is C70H51BN4OS. The van der Waals surface area contributed by atoms with Crippen molar-refractivity contribution in [2.24, 2.45) is 0 Å². The van der Waals surface area contributed by atoms with E-state index in [1.165, 1.54) is 108 Å². The number of aromatic nitrogens is 3. The van der Waals surface area contributed by atoms with Gasteiger partial charge < -0.3 is 23.0 Å². The van der Waals surface area contributed by atoms with Gasteiger partial charge in [-0.1, -0.05) is 163 Å². The van der Waals surface area contributed by atoms with Crippen LogP contribution < -0.4 is 20.6 Å². The molecule has 77 heavy (non-hydrogen) atoms. The first-order valence-electron chi connectivity index (χ1n) is 27.0. The van der Waals surface area contributed by atoms with Gasteiger partial charge in [-0.05, 0) is 106 Å². The number of para-hydroxylation sites is 5. The van der Waals surface area contributed by atoms with Crippen LogP contribution in [-0.2, 0) is 10.8 Å². The molecule has 0 aliphatic carbocycles. The number of rotatable bonds is 3. The van der Waals surface area contributed by atoms with E-state index in [1.54, 1.807) is 0 Å². The number of thiophene rings is 1. The third-order valence-corrected chi connectivity index (χ3v) is 18.5. The molecule has 0 saturated heterocycles. The van der Waals surface area contributed by atoms with Crippen molar-refractivity contribution < 1.29 is 4.42 Å². The zero-order valence-corrected chi connectivity index (χ0v) is 44.6. The van der Waals surface area contributed by atoms with Gasteiger partial charge in [0.25, 0.3) is 6.71 Å². The SMILES string of the molecule is CC(C)(C)c1ccc(N2c3cc(-n4c5ccccc5c5cc6c(cc54)oc4ccccc46)cc4c3B(c3sc5cc(C(C)(C)C)ccc5c32)c2cccc3c5c(ccc6c7ccccc7n(-c7ccccc7)c65)n-4c23)cc1. The van der Waals surface area contributed by atoms with Crippen LogP contribution in [0.2, 0.25) is 0 Å². The lowest BCUT2D eigenvalue weighted by molar-refractivity contribution is 0.590. The van der Waals surface area contributed by atoms with E-state index in [9.17, 15) is 0 Å². The molecule has 0 bridgehead atoms. The number of anilines is 3. The topological polar surface area (TPSA) is 31.2 Å². The molecule has 0 N–H and O–H groups in total. The zero-order valence-electron chi connectivity index (χ0n) is 43.7. The molecule has 7 heteroatoms. The van der Waals surface area contributed by atoms with E-state index in [1.807, 2.05) is 11.3 Å². The highest BCUT2D eigenvalue weighted by Crippen LogP contribution is 2.50. The van der Waals surface area contributed by atoms with Crippen LogP contribution in [0.4, 0.5) is 17.1 Å². The Kier molecular flexibility index (Phi) is 8.46. The second-order valence-corrected chi connectivity index (χ2v) is 24.8. The minimum atomic E-state index is -0.0334. The Labute approximate surface area is 449 Å². The summed E-state index contributed by atoms with van der Waals surface area (Å²) in [6, 6.07) is 75.6. The van der Waals surface area contributed by atoms with Crippen LogP contribution in [0, 0.1) is 0 Å². The van der Waals surface area contributed by atoms with Gasteiger partial charge in [-0.3, -0.25) is 0 Å². The number of benzene rings is 10.